The molecule has 2 fully saturated rings. The van der Waals surface area contributed by atoms with Crippen molar-refractivity contribution in [1.29, 1.82) is 0 Å². The second-order valence-corrected chi connectivity index (χ2v) is 12.2. The van der Waals surface area contributed by atoms with Gasteiger partial charge in [-0.3, -0.25) is 0 Å². The maximum Gasteiger partial charge on any atom is 0.156 e. The summed E-state index contributed by atoms with van der Waals surface area (Å²) >= 11 is -0.839. The van der Waals surface area contributed by atoms with Gasteiger partial charge in [-0.1, -0.05) is 78.9 Å². The zero-order valence-electron chi connectivity index (χ0n) is 20.8. The quantitative estimate of drug-likeness (QED) is 0.355. The maximum absolute atomic E-state index is 12.8. The molecule has 3 aliphatic rings. The number of nitrogens with zero attached hydrogens (tertiary/aromatic N) is 1. The van der Waals surface area contributed by atoms with Crippen molar-refractivity contribution in [3.8, 4) is 0 Å². The summed E-state index contributed by atoms with van der Waals surface area (Å²) in [7, 11) is 0. The van der Waals surface area contributed by atoms with Crippen LogP contribution in [-0.4, -0.2) is 40.9 Å². The van der Waals surface area contributed by atoms with Gasteiger partial charge in [0.1, 0.15) is 5.75 Å². The Kier molecular flexibility index (Phi) is 8.09. The van der Waals surface area contributed by atoms with Crippen LogP contribution < -0.4 is 0 Å². The summed E-state index contributed by atoms with van der Waals surface area (Å²) in [5.74, 6) is 1.97. The van der Waals surface area contributed by atoms with Crippen molar-refractivity contribution in [1.82, 2.24) is 4.90 Å². The molecule has 2 aliphatic heterocycles. The zero-order valence-corrected chi connectivity index (χ0v) is 22.4. The molecule has 1 aliphatic carbocycles. The van der Waals surface area contributed by atoms with Crippen LogP contribution in [0.3, 0.4) is 0 Å². The minimum atomic E-state index is -0.839. The summed E-state index contributed by atoms with van der Waals surface area (Å²) in [5, 5.41) is 0. The molecule has 1 saturated carbocycles. The highest BCUT2D eigenvalue weighted by molar-refractivity contribution is 7.91. The third-order valence-electron chi connectivity index (χ3n) is 8.62. The third kappa shape index (κ3) is 5.25. The van der Waals surface area contributed by atoms with Crippen molar-refractivity contribution in [2.45, 2.75) is 54.6 Å². The summed E-state index contributed by atoms with van der Waals surface area (Å²) in [6.07, 6.45) is 4.77. The van der Waals surface area contributed by atoms with E-state index in [9.17, 15) is 4.55 Å². The lowest BCUT2D eigenvalue weighted by atomic mass is 9.74. The van der Waals surface area contributed by atoms with Crippen LogP contribution in [0.25, 0.3) is 0 Å². The summed E-state index contributed by atoms with van der Waals surface area (Å²) < 4.78 is 19.2. The van der Waals surface area contributed by atoms with Crippen molar-refractivity contribution >= 4 is 23.6 Å². The zero-order chi connectivity index (χ0) is 23.7. The van der Waals surface area contributed by atoms with Crippen LogP contribution in [-0.2, 0) is 27.9 Å². The number of hydrogen-bond acceptors (Lipinski definition) is 3. The SMILES string of the molecule is Cl.[O-][S+]1CC2(CCN(CC3CC(OCc4ccccc4)CC3c3ccccc3)CC2)c2ccccc21. The Morgan fingerprint density at radius 3 is 2.28 bits per heavy atom. The maximum atomic E-state index is 12.8. The van der Waals surface area contributed by atoms with E-state index < -0.39 is 11.2 Å². The molecule has 0 bridgehead atoms. The normalized spacial score (nSPS) is 27.0. The number of rotatable bonds is 6. The van der Waals surface area contributed by atoms with Gasteiger partial charge in [0.15, 0.2) is 4.90 Å². The molecule has 0 N–H and O–H groups in total. The average Bonchev–Trinajstić information content (AvgIpc) is 3.44. The van der Waals surface area contributed by atoms with Gasteiger partial charge in [-0.05, 0) is 79.0 Å². The standard InChI is InChI=1S/C31H35NO2S.ClH/c33-35-23-31(29-13-7-8-14-30(29)35)15-17-32(18-16-31)21-26-19-27(34-22-24-9-3-1-4-10-24)20-28(26)25-11-5-2-6-12-25;/h1-14,26-28H,15-23H2;1H. The molecule has 4 atom stereocenters. The summed E-state index contributed by atoms with van der Waals surface area (Å²) in [6, 6.07) is 30.1. The van der Waals surface area contributed by atoms with Crippen LogP contribution in [0.4, 0.5) is 0 Å². The first-order valence-corrected chi connectivity index (χ1v) is 14.4. The first-order chi connectivity index (χ1) is 17.2. The molecule has 0 aromatic heterocycles. The monoisotopic (exact) mass is 521 g/mol. The van der Waals surface area contributed by atoms with Crippen LogP contribution in [0.2, 0.25) is 0 Å². The van der Waals surface area contributed by atoms with E-state index in [0.29, 0.717) is 24.5 Å². The van der Waals surface area contributed by atoms with E-state index in [1.165, 1.54) is 16.7 Å². The number of halogens is 1. The first kappa shape index (κ1) is 25.8. The molecule has 5 heteroatoms. The van der Waals surface area contributed by atoms with Gasteiger partial charge in [0, 0.05) is 17.5 Å². The van der Waals surface area contributed by atoms with Gasteiger partial charge in [-0.15, -0.1) is 12.4 Å². The molecular weight excluding hydrogens is 486 g/mol. The van der Waals surface area contributed by atoms with Crippen LogP contribution >= 0.6 is 12.4 Å². The molecule has 3 nitrogen and oxygen atoms in total. The van der Waals surface area contributed by atoms with Crippen molar-refractivity contribution in [2.75, 3.05) is 25.4 Å². The van der Waals surface area contributed by atoms with E-state index in [1.54, 1.807) is 0 Å². The second kappa shape index (κ2) is 11.3. The minimum absolute atomic E-state index is 0. The molecule has 1 saturated heterocycles. The fraction of sp³-hybridized carbons (Fsp3) is 0.419. The van der Waals surface area contributed by atoms with Crippen molar-refractivity contribution in [3.05, 3.63) is 102 Å². The molecule has 1 spiro atoms. The van der Waals surface area contributed by atoms with E-state index in [0.717, 1.165) is 56.0 Å². The Balaban J connectivity index is 0.00000267. The molecule has 0 radical (unpaired) electrons. The van der Waals surface area contributed by atoms with Gasteiger partial charge >= 0.3 is 0 Å². The lowest BCUT2D eigenvalue weighted by molar-refractivity contribution is 0.0405. The minimum Gasteiger partial charge on any atom is -0.611 e. The van der Waals surface area contributed by atoms with Crippen LogP contribution in [0.15, 0.2) is 89.8 Å². The molecule has 36 heavy (non-hydrogen) atoms. The van der Waals surface area contributed by atoms with Gasteiger partial charge < -0.3 is 14.2 Å². The molecule has 190 valence electrons. The highest BCUT2D eigenvalue weighted by Crippen LogP contribution is 2.47. The third-order valence-corrected chi connectivity index (χ3v) is 10.3. The highest BCUT2D eigenvalue weighted by Gasteiger charge is 2.49. The Morgan fingerprint density at radius 1 is 0.861 bits per heavy atom. The van der Waals surface area contributed by atoms with Gasteiger partial charge in [0.25, 0.3) is 0 Å². The van der Waals surface area contributed by atoms with Crippen LogP contribution in [0.1, 0.15) is 48.3 Å². The largest absolute Gasteiger partial charge is 0.611 e. The van der Waals surface area contributed by atoms with Gasteiger partial charge in [-0.2, -0.15) is 0 Å². The lowest BCUT2D eigenvalue weighted by Gasteiger charge is -2.39. The van der Waals surface area contributed by atoms with Crippen molar-refractivity contribution in [3.63, 3.8) is 0 Å². The average molecular weight is 522 g/mol. The molecule has 4 unspecified atom stereocenters. The predicted octanol–water partition coefficient (Wildman–Crippen LogP) is 6.34. The van der Waals surface area contributed by atoms with E-state index in [2.05, 4.69) is 83.8 Å². The van der Waals surface area contributed by atoms with E-state index in [1.807, 2.05) is 6.07 Å². The van der Waals surface area contributed by atoms with E-state index in [4.69, 9.17) is 4.74 Å². The van der Waals surface area contributed by atoms with Crippen molar-refractivity contribution < 1.29 is 9.29 Å². The second-order valence-electron chi connectivity index (χ2n) is 10.7. The molecule has 3 aromatic carbocycles. The number of hydrogen-bond donors (Lipinski definition) is 0. The lowest BCUT2D eigenvalue weighted by Crippen LogP contribution is -2.45. The fourth-order valence-electron chi connectivity index (χ4n) is 6.73. The van der Waals surface area contributed by atoms with Crippen molar-refractivity contribution in [2.24, 2.45) is 5.92 Å². The molecular formula is C31H36ClNO2S. The Hall–Kier alpha value is -1.82. The van der Waals surface area contributed by atoms with Crippen LogP contribution in [0, 0.1) is 5.92 Å². The summed E-state index contributed by atoms with van der Waals surface area (Å²) in [5.41, 5.74) is 4.18. The Morgan fingerprint density at radius 2 is 1.53 bits per heavy atom. The number of fused-ring (bicyclic) bond motifs is 2. The first-order valence-electron chi connectivity index (χ1n) is 13.1. The number of ether oxygens (including phenoxy) is 1. The fourth-order valence-corrected chi connectivity index (χ4v) is 8.59. The molecule has 2 heterocycles. The number of benzene rings is 3. The Labute approximate surface area is 224 Å². The Bertz CT molecular complexity index is 1120. The number of likely N-dealkylation sites (tertiary alicyclic amines) is 1. The van der Waals surface area contributed by atoms with Gasteiger partial charge in [0.05, 0.1) is 12.7 Å². The topological polar surface area (TPSA) is 35.5 Å². The van der Waals surface area contributed by atoms with Crippen LogP contribution in [0.5, 0.6) is 0 Å². The predicted molar refractivity (Wildman–Crippen MR) is 149 cm³/mol. The summed E-state index contributed by atoms with van der Waals surface area (Å²) in [4.78, 5) is 3.76. The smallest absolute Gasteiger partial charge is 0.156 e. The highest BCUT2D eigenvalue weighted by atomic mass is 35.5. The molecule has 0 amide bonds. The van der Waals surface area contributed by atoms with Gasteiger partial charge in [-0.25, -0.2) is 0 Å². The van der Waals surface area contributed by atoms with Gasteiger partial charge in [0.2, 0.25) is 0 Å². The molecule has 6 rings (SSSR count). The van der Waals surface area contributed by atoms with E-state index >= 15 is 0 Å². The molecule has 3 aromatic rings. The number of piperidine rings is 1. The van der Waals surface area contributed by atoms with E-state index in [-0.39, 0.29) is 17.8 Å². The summed E-state index contributed by atoms with van der Waals surface area (Å²) in [6.45, 7) is 4.02.